The van der Waals surface area contributed by atoms with Gasteiger partial charge in [0.05, 0.1) is 13.3 Å². The molecule has 0 amide bonds. The summed E-state index contributed by atoms with van der Waals surface area (Å²) in [7, 11) is 0. The highest BCUT2D eigenvalue weighted by Crippen LogP contribution is 2.19. The zero-order valence-corrected chi connectivity index (χ0v) is 7.87. The first-order valence-electron chi connectivity index (χ1n) is 4.36. The van der Waals surface area contributed by atoms with E-state index < -0.39 is 18.5 Å². The molecule has 1 rings (SSSR count). The van der Waals surface area contributed by atoms with Crippen LogP contribution in [0.15, 0.2) is 18.2 Å². The minimum absolute atomic E-state index is 0.0531. The summed E-state index contributed by atoms with van der Waals surface area (Å²) in [6.07, 6.45) is 0.177. The van der Waals surface area contributed by atoms with E-state index >= 15 is 0 Å². The molecule has 0 unspecified atom stereocenters. The maximum absolute atomic E-state index is 12.7. The van der Waals surface area contributed by atoms with Gasteiger partial charge in [0.25, 0.3) is 0 Å². The van der Waals surface area contributed by atoms with Crippen molar-refractivity contribution in [3.63, 3.8) is 0 Å². The molecule has 0 aliphatic heterocycles. The van der Waals surface area contributed by atoms with E-state index in [1.54, 1.807) is 0 Å². The van der Waals surface area contributed by atoms with Crippen molar-refractivity contribution in [2.75, 3.05) is 13.3 Å². The SMILES string of the molecule is O=C(O)c1cc(F)ccc1OCCCF. The molecule has 0 fully saturated rings. The number of hydrogen-bond acceptors (Lipinski definition) is 2. The van der Waals surface area contributed by atoms with Crippen LogP contribution >= 0.6 is 0 Å². The summed E-state index contributed by atoms with van der Waals surface area (Å²) in [6.45, 7) is -0.466. The number of aromatic carboxylic acids is 1. The van der Waals surface area contributed by atoms with Crippen LogP contribution in [0.25, 0.3) is 0 Å². The summed E-state index contributed by atoms with van der Waals surface area (Å²) in [4.78, 5) is 10.7. The molecule has 0 heterocycles. The van der Waals surface area contributed by atoms with Gasteiger partial charge in [0.2, 0.25) is 0 Å². The summed E-state index contributed by atoms with van der Waals surface area (Å²) < 4.78 is 29.5. The van der Waals surface area contributed by atoms with E-state index in [0.717, 1.165) is 12.1 Å². The second-order valence-electron chi connectivity index (χ2n) is 2.84. The van der Waals surface area contributed by atoms with Crippen LogP contribution in [0.5, 0.6) is 5.75 Å². The molecule has 82 valence electrons. The number of carboxylic acid groups (broad SMARTS) is 1. The molecule has 0 aromatic heterocycles. The van der Waals surface area contributed by atoms with Crippen LogP contribution in [-0.4, -0.2) is 24.4 Å². The quantitative estimate of drug-likeness (QED) is 0.768. The van der Waals surface area contributed by atoms with Crippen LogP contribution in [0.4, 0.5) is 8.78 Å². The van der Waals surface area contributed by atoms with Gasteiger partial charge in [-0.05, 0) is 18.2 Å². The molecule has 0 spiro atoms. The summed E-state index contributed by atoms with van der Waals surface area (Å²) >= 11 is 0. The molecule has 0 aliphatic carbocycles. The fourth-order valence-corrected chi connectivity index (χ4v) is 1.03. The lowest BCUT2D eigenvalue weighted by atomic mass is 10.2. The van der Waals surface area contributed by atoms with Gasteiger partial charge < -0.3 is 9.84 Å². The molecule has 1 N–H and O–H groups in total. The topological polar surface area (TPSA) is 46.5 Å². The van der Waals surface area contributed by atoms with Crippen molar-refractivity contribution >= 4 is 5.97 Å². The normalized spacial score (nSPS) is 10.0. The van der Waals surface area contributed by atoms with E-state index in [1.165, 1.54) is 6.07 Å². The van der Waals surface area contributed by atoms with E-state index in [1.807, 2.05) is 0 Å². The molecular weight excluding hydrogens is 206 g/mol. The largest absolute Gasteiger partial charge is 0.493 e. The Hall–Kier alpha value is -1.65. The molecule has 15 heavy (non-hydrogen) atoms. The Morgan fingerprint density at radius 1 is 1.47 bits per heavy atom. The van der Waals surface area contributed by atoms with Gasteiger partial charge in [0, 0.05) is 6.42 Å². The van der Waals surface area contributed by atoms with Gasteiger partial charge in [-0.25, -0.2) is 9.18 Å². The van der Waals surface area contributed by atoms with Gasteiger partial charge in [-0.15, -0.1) is 0 Å². The Morgan fingerprint density at radius 3 is 2.80 bits per heavy atom. The minimum atomic E-state index is -1.27. The van der Waals surface area contributed by atoms with Crippen molar-refractivity contribution in [1.29, 1.82) is 0 Å². The molecule has 0 aliphatic rings. The third kappa shape index (κ3) is 3.19. The molecule has 0 saturated heterocycles. The van der Waals surface area contributed by atoms with Crippen LogP contribution in [0.2, 0.25) is 0 Å². The van der Waals surface area contributed by atoms with E-state index in [0.29, 0.717) is 0 Å². The molecule has 0 atom stereocenters. The molecule has 0 radical (unpaired) electrons. The maximum Gasteiger partial charge on any atom is 0.339 e. The van der Waals surface area contributed by atoms with Crippen molar-refractivity contribution in [2.24, 2.45) is 0 Å². The van der Waals surface area contributed by atoms with Crippen LogP contribution in [0.3, 0.4) is 0 Å². The van der Waals surface area contributed by atoms with Gasteiger partial charge in [-0.1, -0.05) is 0 Å². The van der Waals surface area contributed by atoms with Crippen LogP contribution in [-0.2, 0) is 0 Å². The van der Waals surface area contributed by atoms with Crippen molar-refractivity contribution in [2.45, 2.75) is 6.42 Å². The fourth-order valence-electron chi connectivity index (χ4n) is 1.03. The second kappa shape index (κ2) is 5.29. The highest BCUT2D eigenvalue weighted by molar-refractivity contribution is 5.90. The Bertz CT molecular complexity index is 353. The number of rotatable bonds is 5. The van der Waals surface area contributed by atoms with Crippen LogP contribution < -0.4 is 4.74 Å². The summed E-state index contributed by atoms with van der Waals surface area (Å²) in [5.74, 6) is -1.87. The van der Waals surface area contributed by atoms with Crippen LogP contribution in [0.1, 0.15) is 16.8 Å². The average Bonchev–Trinajstić information content (AvgIpc) is 2.20. The molecule has 5 heteroatoms. The number of ether oxygens (including phenoxy) is 1. The van der Waals surface area contributed by atoms with E-state index in [2.05, 4.69) is 0 Å². The number of halogens is 2. The predicted molar refractivity (Wildman–Crippen MR) is 49.4 cm³/mol. The van der Waals surface area contributed by atoms with Gasteiger partial charge >= 0.3 is 5.97 Å². The first-order chi connectivity index (χ1) is 7.15. The lowest BCUT2D eigenvalue weighted by molar-refractivity contribution is 0.0691. The molecule has 0 bridgehead atoms. The Kier molecular flexibility index (Phi) is 4.03. The zero-order valence-electron chi connectivity index (χ0n) is 7.87. The summed E-state index contributed by atoms with van der Waals surface area (Å²) in [5, 5.41) is 8.73. The first-order valence-corrected chi connectivity index (χ1v) is 4.36. The monoisotopic (exact) mass is 216 g/mol. The number of benzene rings is 1. The highest BCUT2D eigenvalue weighted by atomic mass is 19.1. The minimum Gasteiger partial charge on any atom is -0.493 e. The van der Waals surface area contributed by atoms with Crippen molar-refractivity contribution < 1.29 is 23.4 Å². The summed E-state index contributed by atoms with van der Waals surface area (Å²) in [5.41, 5.74) is -0.256. The molecule has 3 nitrogen and oxygen atoms in total. The van der Waals surface area contributed by atoms with Crippen molar-refractivity contribution in [1.82, 2.24) is 0 Å². The fraction of sp³-hybridized carbons (Fsp3) is 0.300. The lowest BCUT2D eigenvalue weighted by Crippen LogP contribution is -2.05. The number of carbonyl (C=O) groups is 1. The Balaban J connectivity index is 2.81. The second-order valence-corrected chi connectivity index (χ2v) is 2.84. The Labute approximate surface area is 85.3 Å². The number of hydrogen-bond donors (Lipinski definition) is 1. The van der Waals surface area contributed by atoms with Gasteiger partial charge in [-0.3, -0.25) is 4.39 Å². The highest BCUT2D eigenvalue weighted by Gasteiger charge is 2.12. The van der Waals surface area contributed by atoms with E-state index in [9.17, 15) is 13.6 Å². The molecule has 1 aromatic rings. The zero-order chi connectivity index (χ0) is 11.3. The standard InChI is InChI=1S/C10H10F2O3/c11-4-1-5-15-9-3-2-7(12)6-8(9)10(13)14/h2-3,6H,1,4-5H2,(H,13,14). The Morgan fingerprint density at radius 2 is 2.20 bits per heavy atom. The number of carboxylic acids is 1. The van der Waals surface area contributed by atoms with Gasteiger partial charge in [0.1, 0.15) is 17.1 Å². The lowest BCUT2D eigenvalue weighted by Gasteiger charge is -2.07. The van der Waals surface area contributed by atoms with Crippen molar-refractivity contribution in [3.05, 3.63) is 29.6 Å². The van der Waals surface area contributed by atoms with Crippen molar-refractivity contribution in [3.8, 4) is 5.75 Å². The molecule has 1 aromatic carbocycles. The summed E-state index contributed by atoms with van der Waals surface area (Å²) in [6, 6.07) is 3.18. The molecular formula is C10H10F2O3. The number of alkyl halides is 1. The van der Waals surface area contributed by atoms with E-state index in [-0.39, 0.29) is 24.3 Å². The van der Waals surface area contributed by atoms with Gasteiger partial charge in [0.15, 0.2) is 0 Å². The van der Waals surface area contributed by atoms with Gasteiger partial charge in [-0.2, -0.15) is 0 Å². The third-order valence-electron chi connectivity index (χ3n) is 1.71. The smallest absolute Gasteiger partial charge is 0.339 e. The van der Waals surface area contributed by atoms with Crippen LogP contribution in [0, 0.1) is 5.82 Å². The molecule has 0 saturated carbocycles. The van der Waals surface area contributed by atoms with E-state index in [4.69, 9.17) is 9.84 Å². The average molecular weight is 216 g/mol. The third-order valence-corrected chi connectivity index (χ3v) is 1.71. The maximum atomic E-state index is 12.7. The first kappa shape index (κ1) is 11.4. The predicted octanol–water partition coefficient (Wildman–Crippen LogP) is 2.26.